The molecule has 3 atom stereocenters. The van der Waals surface area contributed by atoms with Crippen molar-refractivity contribution in [1.29, 1.82) is 0 Å². The third kappa shape index (κ3) is 3.75. The molecule has 0 aromatic carbocycles. The van der Waals surface area contributed by atoms with E-state index in [9.17, 15) is 9.59 Å². The van der Waals surface area contributed by atoms with Crippen LogP contribution < -0.4 is 5.32 Å². The van der Waals surface area contributed by atoms with E-state index in [1.807, 2.05) is 4.90 Å². The molecule has 0 bridgehead atoms. The smallest absolute Gasteiger partial charge is 0.252 e. The number of aromatic nitrogens is 1. The van der Waals surface area contributed by atoms with Crippen molar-refractivity contribution in [3.05, 3.63) is 30.1 Å². The van der Waals surface area contributed by atoms with Crippen LogP contribution in [0.1, 0.15) is 30.6 Å². The quantitative estimate of drug-likeness (QED) is 0.883. The van der Waals surface area contributed by atoms with Crippen molar-refractivity contribution in [2.24, 2.45) is 17.8 Å². The zero-order valence-electron chi connectivity index (χ0n) is 14.3. The minimum Gasteiger partial charge on any atom is -0.376 e. The van der Waals surface area contributed by atoms with Crippen molar-refractivity contribution in [2.75, 3.05) is 26.2 Å². The molecule has 0 saturated carbocycles. The van der Waals surface area contributed by atoms with Crippen LogP contribution >= 0.6 is 0 Å². The van der Waals surface area contributed by atoms with Crippen LogP contribution in [0.25, 0.3) is 0 Å². The molecular weight excluding hydrogens is 306 g/mol. The molecule has 0 spiro atoms. The third-order valence-electron chi connectivity index (χ3n) is 4.82. The molecule has 6 nitrogen and oxygen atoms in total. The molecule has 0 unspecified atom stereocenters. The first-order valence-corrected chi connectivity index (χ1v) is 8.62. The topological polar surface area (TPSA) is 71.5 Å². The fourth-order valence-electron chi connectivity index (χ4n) is 3.51. The molecule has 3 rings (SSSR count). The van der Waals surface area contributed by atoms with Crippen LogP contribution in [0, 0.1) is 17.8 Å². The van der Waals surface area contributed by atoms with Crippen molar-refractivity contribution in [1.82, 2.24) is 15.2 Å². The Labute approximate surface area is 142 Å². The number of fused-ring (bicyclic) bond motifs is 1. The van der Waals surface area contributed by atoms with Gasteiger partial charge in [-0.3, -0.25) is 14.6 Å². The normalized spacial score (nSPS) is 25.8. The van der Waals surface area contributed by atoms with Gasteiger partial charge in [0.1, 0.15) is 0 Å². The summed E-state index contributed by atoms with van der Waals surface area (Å²) in [6.07, 6.45) is 3.90. The van der Waals surface area contributed by atoms with Crippen LogP contribution in [-0.4, -0.2) is 54.0 Å². The largest absolute Gasteiger partial charge is 0.376 e. The molecule has 1 aromatic heterocycles. The molecule has 0 aliphatic carbocycles. The van der Waals surface area contributed by atoms with Gasteiger partial charge in [0.25, 0.3) is 5.91 Å². The molecule has 2 aliphatic heterocycles. The van der Waals surface area contributed by atoms with Crippen LogP contribution in [0.3, 0.4) is 0 Å². The van der Waals surface area contributed by atoms with Crippen molar-refractivity contribution in [3.8, 4) is 0 Å². The summed E-state index contributed by atoms with van der Waals surface area (Å²) in [7, 11) is 0. The molecule has 3 heterocycles. The number of likely N-dealkylation sites (tertiary alicyclic amines) is 1. The summed E-state index contributed by atoms with van der Waals surface area (Å²) >= 11 is 0. The van der Waals surface area contributed by atoms with Gasteiger partial charge in [-0.1, -0.05) is 13.8 Å². The zero-order chi connectivity index (χ0) is 17.1. The molecule has 2 amide bonds. The predicted octanol–water partition coefficient (Wildman–Crippen LogP) is 1.33. The summed E-state index contributed by atoms with van der Waals surface area (Å²) in [5.41, 5.74) is 0.563. The first-order chi connectivity index (χ1) is 11.5. The minimum atomic E-state index is -0.114. The van der Waals surface area contributed by atoms with E-state index < -0.39 is 0 Å². The Morgan fingerprint density at radius 1 is 1.42 bits per heavy atom. The Morgan fingerprint density at radius 3 is 2.96 bits per heavy atom. The predicted molar refractivity (Wildman–Crippen MR) is 89.3 cm³/mol. The van der Waals surface area contributed by atoms with Crippen LogP contribution in [0.2, 0.25) is 0 Å². The molecular formula is C18H25N3O3. The number of carbonyl (C=O) groups excluding carboxylic acids is 2. The summed E-state index contributed by atoms with van der Waals surface area (Å²) < 4.78 is 5.86. The Kier molecular flexibility index (Phi) is 5.14. The van der Waals surface area contributed by atoms with Gasteiger partial charge in [-0.2, -0.15) is 0 Å². The van der Waals surface area contributed by atoms with Gasteiger partial charge >= 0.3 is 0 Å². The second-order valence-corrected chi connectivity index (χ2v) is 7.14. The lowest BCUT2D eigenvalue weighted by atomic mass is 9.93. The number of hydrogen-bond acceptors (Lipinski definition) is 4. The number of carbonyl (C=O) groups is 2. The highest BCUT2D eigenvalue weighted by Crippen LogP contribution is 2.33. The number of nitrogens with zero attached hydrogens (tertiary/aromatic N) is 2. The zero-order valence-corrected chi connectivity index (χ0v) is 14.3. The van der Waals surface area contributed by atoms with Gasteiger partial charge in [0.15, 0.2) is 0 Å². The van der Waals surface area contributed by atoms with Gasteiger partial charge in [-0.05, 0) is 18.1 Å². The molecule has 24 heavy (non-hydrogen) atoms. The number of pyridine rings is 1. The summed E-state index contributed by atoms with van der Waals surface area (Å²) in [4.78, 5) is 30.3. The number of rotatable bonds is 5. The summed E-state index contributed by atoms with van der Waals surface area (Å²) in [6, 6.07) is 3.50. The lowest BCUT2D eigenvalue weighted by Crippen LogP contribution is -2.35. The summed E-state index contributed by atoms with van der Waals surface area (Å²) in [5.74, 6) is 1.04. The van der Waals surface area contributed by atoms with Gasteiger partial charge in [0, 0.05) is 50.3 Å². The second kappa shape index (κ2) is 7.30. The van der Waals surface area contributed by atoms with Gasteiger partial charge in [0.05, 0.1) is 18.3 Å². The Morgan fingerprint density at radius 2 is 2.25 bits per heavy atom. The molecule has 2 fully saturated rings. The minimum absolute atomic E-state index is 0.112. The maximum absolute atomic E-state index is 12.2. The number of amides is 2. The van der Waals surface area contributed by atoms with Crippen LogP contribution in [0.5, 0.6) is 0 Å². The van der Waals surface area contributed by atoms with E-state index in [2.05, 4.69) is 24.1 Å². The third-order valence-corrected chi connectivity index (χ3v) is 4.82. The highest BCUT2D eigenvalue weighted by molar-refractivity contribution is 5.93. The van der Waals surface area contributed by atoms with E-state index in [1.54, 1.807) is 24.5 Å². The van der Waals surface area contributed by atoms with Crippen molar-refractivity contribution in [3.63, 3.8) is 0 Å². The average Bonchev–Trinajstić information content (AvgIpc) is 3.14. The second-order valence-electron chi connectivity index (χ2n) is 7.14. The molecule has 2 saturated heterocycles. The SMILES string of the molecule is CC(C)CC(=O)N1C[C@@H]2[C@@H](CNC(=O)c3cccnc3)CO[C@@H]2C1. The Bertz CT molecular complexity index is 590. The number of nitrogens with one attached hydrogen (secondary N) is 1. The highest BCUT2D eigenvalue weighted by Gasteiger charge is 2.45. The molecule has 0 radical (unpaired) electrons. The first-order valence-electron chi connectivity index (χ1n) is 8.62. The average molecular weight is 331 g/mol. The van der Waals surface area contributed by atoms with Gasteiger partial charge in [-0.15, -0.1) is 0 Å². The van der Waals surface area contributed by atoms with Crippen molar-refractivity contribution in [2.45, 2.75) is 26.4 Å². The fraction of sp³-hybridized carbons (Fsp3) is 0.611. The molecule has 2 aliphatic rings. The molecule has 1 N–H and O–H groups in total. The summed E-state index contributed by atoms with van der Waals surface area (Å²) in [5, 5.41) is 2.97. The maximum Gasteiger partial charge on any atom is 0.252 e. The lowest BCUT2D eigenvalue weighted by molar-refractivity contribution is -0.131. The molecule has 6 heteroatoms. The van der Waals surface area contributed by atoms with Crippen molar-refractivity contribution < 1.29 is 14.3 Å². The van der Waals surface area contributed by atoms with Crippen molar-refractivity contribution >= 4 is 11.8 Å². The monoisotopic (exact) mass is 331 g/mol. The highest BCUT2D eigenvalue weighted by atomic mass is 16.5. The van der Waals surface area contributed by atoms with Crippen LogP contribution in [0.4, 0.5) is 0 Å². The molecule has 1 aromatic rings. The van der Waals surface area contributed by atoms with E-state index >= 15 is 0 Å². The standard InChI is InChI=1S/C18H25N3O3/c1-12(2)6-17(22)21-9-15-14(11-24-16(15)10-21)8-20-18(23)13-4-3-5-19-7-13/h3-5,7,12,14-16H,6,8-11H2,1-2H3,(H,20,23)/t14-,15+,16+/m0/s1. The van der Waals surface area contributed by atoms with Gasteiger partial charge < -0.3 is 15.0 Å². The van der Waals surface area contributed by atoms with E-state index in [4.69, 9.17) is 4.74 Å². The van der Waals surface area contributed by atoms with Crippen LogP contribution in [0.15, 0.2) is 24.5 Å². The van der Waals surface area contributed by atoms with E-state index in [0.717, 1.165) is 6.54 Å². The van der Waals surface area contributed by atoms with E-state index in [-0.39, 0.29) is 23.8 Å². The summed E-state index contributed by atoms with van der Waals surface area (Å²) in [6.45, 7) is 6.76. The van der Waals surface area contributed by atoms with Gasteiger partial charge in [-0.25, -0.2) is 0 Å². The number of ether oxygens (including phenoxy) is 1. The Hall–Kier alpha value is -1.95. The lowest BCUT2D eigenvalue weighted by Gasteiger charge is -2.21. The van der Waals surface area contributed by atoms with E-state index in [1.165, 1.54) is 0 Å². The van der Waals surface area contributed by atoms with Gasteiger partial charge in [0.2, 0.25) is 5.91 Å². The molecule has 130 valence electrons. The maximum atomic E-state index is 12.2. The van der Waals surface area contributed by atoms with E-state index in [0.29, 0.717) is 43.5 Å². The fourth-order valence-corrected chi connectivity index (χ4v) is 3.51. The number of hydrogen-bond donors (Lipinski definition) is 1. The Balaban J connectivity index is 1.52. The first kappa shape index (κ1) is 16.9. The van der Waals surface area contributed by atoms with Crippen LogP contribution in [-0.2, 0) is 9.53 Å².